The van der Waals surface area contributed by atoms with Crippen molar-refractivity contribution in [3.05, 3.63) is 64.9 Å². The third kappa shape index (κ3) is 3.96. The number of hydrogen-bond donors (Lipinski definition) is 2. The molecule has 0 saturated heterocycles. The van der Waals surface area contributed by atoms with Gasteiger partial charge < -0.3 is 10.6 Å². The molecule has 0 radical (unpaired) electrons. The second-order valence-electron chi connectivity index (χ2n) is 4.39. The van der Waals surface area contributed by atoms with Crippen LogP contribution in [0.15, 0.2) is 48.7 Å². The Morgan fingerprint density at radius 1 is 1.25 bits per heavy atom. The van der Waals surface area contributed by atoms with Crippen LogP contribution in [0, 0.1) is 0 Å². The molecule has 2 rings (SSSR count). The highest BCUT2D eigenvalue weighted by molar-refractivity contribution is 6.31. The predicted molar refractivity (Wildman–Crippen MR) is 79.5 cm³/mol. The minimum absolute atomic E-state index is 0.151. The summed E-state index contributed by atoms with van der Waals surface area (Å²) in [6.07, 6.45) is 1.70. The Balaban J connectivity index is 1.86. The Bertz CT molecular complexity index is 574. The molecule has 0 aliphatic rings. The maximum absolute atomic E-state index is 11.8. The summed E-state index contributed by atoms with van der Waals surface area (Å²) in [5, 5.41) is 6.25. The quantitative estimate of drug-likeness (QED) is 0.907. The number of nitrogens with zero attached hydrogens (tertiary/aromatic N) is 1. The highest BCUT2D eigenvalue weighted by Crippen LogP contribution is 2.14. The lowest BCUT2D eigenvalue weighted by atomic mass is 10.2. The number of hydrogen-bond acceptors (Lipinski definition) is 2. The van der Waals surface area contributed by atoms with Crippen LogP contribution in [0.5, 0.6) is 0 Å². The van der Waals surface area contributed by atoms with E-state index in [1.54, 1.807) is 12.3 Å². The summed E-state index contributed by atoms with van der Waals surface area (Å²) < 4.78 is 0. The maximum Gasteiger partial charge on any atom is 0.315 e. The van der Waals surface area contributed by atoms with Crippen molar-refractivity contribution in [2.75, 3.05) is 0 Å². The second-order valence-corrected chi connectivity index (χ2v) is 4.80. The molecule has 2 N–H and O–H groups in total. The van der Waals surface area contributed by atoms with Crippen LogP contribution in [0.25, 0.3) is 0 Å². The largest absolute Gasteiger partial charge is 0.334 e. The summed E-state index contributed by atoms with van der Waals surface area (Å²) in [4.78, 5) is 16.0. The number of benzene rings is 1. The Kier molecular flexibility index (Phi) is 4.96. The highest BCUT2D eigenvalue weighted by atomic mass is 35.5. The first-order valence-corrected chi connectivity index (χ1v) is 6.73. The lowest BCUT2D eigenvalue weighted by molar-refractivity contribution is 0.237. The molecular weight excluding hydrogens is 274 g/mol. The first-order chi connectivity index (χ1) is 9.66. The number of rotatable bonds is 4. The van der Waals surface area contributed by atoms with Crippen molar-refractivity contribution in [1.82, 2.24) is 15.6 Å². The predicted octanol–water partition coefficient (Wildman–Crippen LogP) is 3.30. The molecule has 0 aliphatic heterocycles. The highest BCUT2D eigenvalue weighted by Gasteiger charge is 2.10. The van der Waals surface area contributed by atoms with Gasteiger partial charge in [-0.3, -0.25) is 4.98 Å². The van der Waals surface area contributed by atoms with Gasteiger partial charge in [-0.15, -0.1) is 0 Å². The fourth-order valence-electron chi connectivity index (χ4n) is 1.77. The molecule has 1 aromatic carbocycles. The van der Waals surface area contributed by atoms with Crippen molar-refractivity contribution < 1.29 is 4.79 Å². The third-order valence-electron chi connectivity index (χ3n) is 2.88. The number of carbonyl (C=O) groups excluding carboxylic acids is 1. The van der Waals surface area contributed by atoms with Gasteiger partial charge in [0.15, 0.2) is 0 Å². The van der Waals surface area contributed by atoms with Crippen molar-refractivity contribution in [3.8, 4) is 0 Å². The Hall–Kier alpha value is -2.07. The second kappa shape index (κ2) is 6.91. The number of urea groups is 1. The third-order valence-corrected chi connectivity index (χ3v) is 3.24. The van der Waals surface area contributed by atoms with Crippen molar-refractivity contribution in [3.63, 3.8) is 0 Å². The number of nitrogens with one attached hydrogen (secondary N) is 2. The number of aromatic nitrogens is 1. The number of carbonyl (C=O) groups is 1. The molecule has 1 aromatic heterocycles. The van der Waals surface area contributed by atoms with Crippen LogP contribution < -0.4 is 10.6 Å². The lowest BCUT2D eigenvalue weighted by Crippen LogP contribution is -2.36. The van der Waals surface area contributed by atoms with E-state index in [0.29, 0.717) is 11.6 Å². The van der Waals surface area contributed by atoms with Gasteiger partial charge in [-0.1, -0.05) is 35.9 Å². The molecule has 2 amide bonds. The smallest absolute Gasteiger partial charge is 0.315 e. The van der Waals surface area contributed by atoms with E-state index >= 15 is 0 Å². The van der Waals surface area contributed by atoms with Crippen LogP contribution in [0.4, 0.5) is 4.79 Å². The van der Waals surface area contributed by atoms with Gasteiger partial charge in [0.2, 0.25) is 0 Å². The minimum atomic E-state index is -0.247. The molecule has 0 bridgehead atoms. The summed E-state index contributed by atoms with van der Waals surface area (Å²) >= 11 is 6.03. The van der Waals surface area contributed by atoms with E-state index in [2.05, 4.69) is 15.6 Å². The molecule has 0 saturated carbocycles. The fraction of sp³-hybridized carbons (Fsp3) is 0.200. The summed E-state index contributed by atoms with van der Waals surface area (Å²) in [6, 6.07) is 12.6. The van der Waals surface area contributed by atoms with Gasteiger partial charge in [-0.25, -0.2) is 4.79 Å². The molecule has 0 unspecified atom stereocenters. The van der Waals surface area contributed by atoms with Gasteiger partial charge >= 0.3 is 6.03 Å². The maximum atomic E-state index is 11.8. The molecule has 0 spiro atoms. The van der Waals surface area contributed by atoms with E-state index in [4.69, 9.17) is 11.6 Å². The fourth-order valence-corrected chi connectivity index (χ4v) is 1.97. The molecule has 2 aromatic rings. The Morgan fingerprint density at radius 2 is 2.00 bits per heavy atom. The van der Waals surface area contributed by atoms with E-state index in [-0.39, 0.29) is 12.1 Å². The molecule has 0 fully saturated rings. The van der Waals surface area contributed by atoms with Gasteiger partial charge in [0.05, 0.1) is 11.7 Å². The molecular formula is C15H16ClN3O. The molecule has 20 heavy (non-hydrogen) atoms. The van der Waals surface area contributed by atoms with Gasteiger partial charge in [0.25, 0.3) is 0 Å². The Labute approximate surface area is 123 Å². The van der Waals surface area contributed by atoms with E-state index < -0.39 is 0 Å². The zero-order valence-corrected chi connectivity index (χ0v) is 11.9. The van der Waals surface area contributed by atoms with Crippen LogP contribution in [0.2, 0.25) is 5.02 Å². The van der Waals surface area contributed by atoms with Crippen LogP contribution in [-0.4, -0.2) is 11.0 Å². The average Bonchev–Trinajstić information content (AvgIpc) is 2.47. The van der Waals surface area contributed by atoms with Crippen LogP contribution in [0.3, 0.4) is 0 Å². The van der Waals surface area contributed by atoms with Crippen LogP contribution in [0.1, 0.15) is 24.2 Å². The van der Waals surface area contributed by atoms with Gasteiger partial charge in [-0.2, -0.15) is 0 Å². The summed E-state index contributed by atoms with van der Waals surface area (Å²) in [5.41, 5.74) is 1.70. The van der Waals surface area contributed by atoms with E-state index in [1.165, 1.54) is 0 Å². The molecule has 4 nitrogen and oxygen atoms in total. The van der Waals surface area contributed by atoms with Crippen LogP contribution in [-0.2, 0) is 6.54 Å². The van der Waals surface area contributed by atoms with E-state index in [1.807, 2.05) is 43.3 Å². The molecule has 1 heterocycles. The van der Waals surface area contributed by atoms with E-state index in [9.17, 15) is 4.79 Å². The number of pyridine rings is 1. The molecule has 5 heteroatoms. The lowest BCUT2D eigenvalue weighted by Gasteiger charge is -2.14. The number of amides is 2. The molecule has 104 valence electrons. The zero-order chi connectivity index (χ0) is 14.4. The monoisotopic (exact) mass is 289 g/mol. The number of halogens is 1. The average molecular weight is 290 g/mol. The topological polar surface area (TPSA) is 54.0 Å². The first-order valence-electron chi connectivity index (χ1n) is 6.35. The van der Waals surface area contributed by atoms with Gasteiger partial charge in [0.1, 0.15) is 0 Å². The van der Waals surface area contributed by atoms with Crippen molar-refractivity contribution >= 4 is 17.6 Å². The standard InChI is InChI=1S/C15H16ClN3O/c1-11(14-8-4-5-9-17-14)19-15(20)18-10-12-6-2-3-7-13(12)16/h2-9,11H,10H2,1H3,(H2,18,19,20)/t11-/m0/s1. The summed E-state index contributed by atoms with van der Waals surface area (Å²) in [6.45, 7) is 2.28. The van der Waals surface area contributed by atoms with Crippen molar-refractivity contribution in [1.29, 1.82) is 0 Å². The SMILES string of the molecule is C[C@H](NC(=O)NCc1ccccc1Cl)c1ccccn1. The first kappa shape index (κ1) is 14.3. The summed E-state index contributed by atoms with van der Waals surface area (Å²) in [7, 11) is 0. The van der Waals surface area contributed by atoms with Gasteiger partial charge in [-0.05, 0) is 30.7 Å². The summed E-state index contributed by atoms with van der Waals surface area (Å²) in [5.74, 6) is 0. The van der Waals surface area contributed by atoms with Gasteiger partial charge in [0, 0.05) is 17.8 Å². The zero-order valence-electron chi connectivity index (χ0n) is 11.1. The van der Waals surface area contributed by atoms with Crippen LogP contribution >= 0.6 is 11.6 Å². The minimum Gasteiger partial charge on any atom is -0.334 e. The van der Waals surface area contributed by atoms with Crippen molar-refractivity contribution in [2.24, 2.45) is 0 Å². The molecule has 0 aliphatic carbocycles. The molecule has 1 atom stereocenters. The normalized spacial score (nSPS) is 11.7. The Morgan fingerprint density at radius 3 is 2.70 bits per heavy atom. The van der Waals surface area contributed by atoms with Crippen molar-refractivity contribution in [2.45, 2.75) is 19.5 Å². The van der Waals surface area contributed by atoms with E-state index in [0.717, 1.165) is 11.3 Å².